The minimum absolute atomic E-state index is 0.0767. The lowest BCUT2D eigenvalue weighted by atomic mass is 9.98. The van der Waals surface area contributed by atoms with E-state index in [0.717, 1.165) is 17.5 Å². The first-order valence-electron chi connectivity index (χ1n) is 8.80. The van der Waals surface area contributed by atoms with E-state index in [1.165, 1.54) is 0 Å². The minimum atomic E-state index is -0.0851. The highest BCUT2D eigenvalue weighted by Crippen LogP contribution is 2.35. The SMILES string of the molecule is CC(C)CC(NC(=O)Cc1cc2c(cc1Cl)OCCO2)c1cccnc1. The van der Waals surface area contributed by atoms with Gasteiger partial charge in [-0.2, -0.15) is 0 Å². The van der Waals surface area contributed by atoms with Crippen molar-refractivity contribution < 1.29 is 14.3 Å². The number of benzene rings is 1. The third kappa shape index (κ3) is 4.67. The molecule has 0 aliphatic carbocycles. The summed E-state index contributed by atoms with van der Waals surface area (Å²) in [6, 6.07) is 7.29. The van der Waals surface area contributed by atoms with E-state index in [1.54, 1.807) is 24.5 Å². The summed E-state index contributed by atoms with van der Waals surface area (Å²) in [5.74, 6) is 1.62. The van der Waals surface area contributed by atoms with Gasteiger partial charge in [0.2, 0.25) is 5.91 Å². The number of fused-ring (bicyclic) bond motifs is 1. The Morgan fingerprint density at radius 3 is 2.65 bits per heavy atom. The molecule has 2 aromatic rings. The van der Waals surface area contributed by atoms with Gasteiger partial charge in [0.15, 0.2) is 11.5 Å². The number of halogens is 1. The molecule has 0 fully saturated rings. The molecule has 26 heavy (non-hydrogen) atoms. The van der Waals surface area contributed by atoms with E-state index in [9.17, 15) is 4.79 Å². The predicted octanol–water partition coefficient (Wildman–Crippen LogP) is 3.95. The monoisotopic (exact) mass is 374 g/mol. The van der Waals surface area contributed by atoms with Crippen molar-refractivity contribution in [3.05, 3.63) is 52.8 Å². The number of nitrogens with zero attached hydrogens (tertiary/aromatic N) is 1. The molecule has 0 radical (unpaired) electrons. The van der Waals surface area contributed by atoms with Crippen molar-refractivity contribution in [1.29, 1.82) is 0 Å². The standard InChI is InChI=1S/C20H23ClN2O3/c1-13(2)8-17(14-4-3-5-22-12-14)23-20(24)10-15-9-18-19(11-16(15)21)26-7-6-25-18/h3-5,9,11-13,17H,6-8,10H2,1-2H3,(H,23,24). The lowest BCUT2D eigenvalue weighted by Crippen LogP contribution is -2.31. The number of amides is 1. The third-order valence-electron chi connectivity index (χ3n) is 4.19. The fourth-order valence-electron chi connectivity index (χ4n) is 2.99. The maximum absolute atomic E-state index is 12.6. The summed E-state index contributed by atoms with van der Waals surface area (Å²) in [6.45, 7) is 5.27. The maximum Gasteiger partial charge on any atom is 0.224 e. The number of hydrogen-bond donors (Lipinski definition) is 1. The van der Waals surface area contributed by atoms with Crippen LogP contribution < -0.4 is 14.8 Å². The molecule has 1 N–H and O–H groups in total. The van der Waals surface area contributed by atoms with Gasteiger partial charge >= 0.3 is 0 Å². The molecule has 0 saturated carbocycles. The van der Waals surface area contributed by atoms with Crippen molar-refractivity contribution in [2.24, 2.45) is 5.92 Å². The second-order valence-electron chi connectivity index (χ2n) is 6.80. The number of ether oxygens (including phenoxy) is 2. The van der Waals surface area contributed by atoms with Crippen LogP contribution in [0.5, 0.6) is 11.5 Å². The maximum atomic E-state index is 12.6. The summed E-state index contributed by atoms with van der Waals surface area (Å²) in [6.07, 6.45) is 4.55. The summed E-state index contributed by atoms with van der Waals surface area (Å²) in [7, 11) is 0. The van der Waals surface area contributed by atoms with E-state index in [4.69, 9.17) is 21.1 Å². The number of rotatable bonds is 6. The fraction of sp³-hybridized carbons (Fsp3) is 0.400. The van der Waals surface area contributed by atoms with Crippen molar-refractivity contribution in [3.8, 4) is 11.5 Å². The number of carbonyl (C=O) groups is 1. The largest absolute Gasteiger partial charge is 0.486 e. The third-order valence-corrected chi connectivity index (χ3v) is 4.54. The van der Waals surface area contributed by atoms with E-state index >= 15 is 0 Å². The van der Waals surface area contributed by atoms with Gasteiger partial charge in [0.05, 0.1) is 12.5 Å². The van der Waals surface area contributed by atoms with Gasteiger partial charge in [-0.1, -0.05) is 31.5 Å². The highest BCUT2D eigenvalue weighted by atomic mass is 35.5. The Balaban J connectivity index is 1.72. The van der Waals surface area contributed by atoms with Crippen LogP contribution in [0.3, 0.4) is 0 Å². The van der Waals surface area contributed by atoms with E-state index in [1.807, 2.05) is 12.1 Å². The van der Waals surface area contributed by atoms with Crippen molar-refractivity contribution >= 4 is 17.5 Å². The topological polar surface area (TPSA) is 60.5 Å². The van der Waals surface area contributed by atoms with Crippen LogP contribution in [0.1, 0.15) is 37.4 Å². The lowest BCUT2D eigenvalue weighted by molar-refractivity contribution is -0.121. The highest BCUT2D eigenvalue weighted by Gasteiger charge is 2.20. The van der Waals surface area contributed by atoms with Crippen LogP contribution in [0.25, 0.3) is 0 Å². The molecule has 1 aromatic heterocycles. The van der Waals surface area contributed by atoms with Gasteiger partial charge in [-0.15, -0.1) is 0 Å². The van der Waals surface area contributed by atoms with Crippen molar-refractivity contribution in [2.75, 3.05) is 13.2 Å². The molecular weight excluding hydrogens is 352 g/mol. The van der Waals surface area contributed by atoms with Crippen LogP contribution >= 0.6 is 11.6 Å². The van der Waals surface area contributed by atoms with Crippen LogP contribution in [-0.2, 0) is 11.2 Å². The number of carbonyl (C=O) groups excluding carboxylic acids is 1. The first-order valence-corrected chi connectivity index (χ1v) is 9.18. The van der Waals surface area contributed by atoms with E-state index in [0.29, 0.717) is 35.7 Å². The quantitative estimate of drug-likeness (QED) is 0.831. The Hall–Kier alpha value is -2.27. The average Bonchev–Trinajstić information content (AvgIpc) is 2.62. The molecule has 6 heteroatoms. The van der Waals surface area contributed by atoms with Gasteiger partial charge in [0, 0.05) is 23.5 Å². The summed E-state index contributed by atoms with van der Waals surface area (Å²) in [5, 5.41) is 3.62. The second kappa shape index (κ2) is 8.41. The fourth-order valence-corrected chi connectivity index (χ4v) is 3.21. The normalized spacial score (nSPS) is 14.2. The number of nitrogens with one attached hydrogen (secondary N) is 1. The molecule has 1 aromatic carbocycles. The van der Waals surface area contributed by atoms with E-state index < -0.39 is 0 Å². The molecule has 1 aliphatic heterocycles. The van der Waals surface area contributed by atoms with Crippen LogP contribution in [0.4, 0.5) is 0 Å². The molecule has 2 heterocycles. The molecule has 1 unspecified atom stereocenters. The van der Waals surface area contributed by atoms with Gasteiger partial charge in [-0.25, -0.2) is 0 Å². The molecule has 1 atom stereocenters. The molecule has 0 bridgehead atoms. The highest BCUT2D eigenvalue weighted by molar-refractivity contribution is 6.31. The summed E-state index contributed by atoms with van der Waals surface area (Å²) in [5.41, 5.74) is 1.73. The van der Waals surface area contributed by atoms with Crippen molar-refractivity contribution in [3.63, 3.8) is 0 Å². The van der Waals surface area contributed by atoms with E-state index in [2.05, 4.69) is 24.1 Å². The van der Waals surface area contributed by atoms with Crippen LogP contribution in [0.2, 0.25) is 5.02 Å². The zero-order chi connectivity index (χ0) is 18.5. The first kappa shape index (κ1) is 18.5. The summed E-state index contributed by atoms with van der Waals surface area (Å²) >= 11 is 6.32. The second-order valence-corrected chi connectivity index (χ2v) is 7.21. The Labute approximate surface area is 158 Å². The molecule has 5 nitrogen and oxygen atoms in total. The van der Waals surface area contributed by atoms with Crippen LogP contribution in [-0.4, -0.2) is 24.1 Å². The molecule has 0 saturated heterocycles. The average molecular weight is 375 g/mol. The number of pyridine rings is 1. The van der Waals surface area contributed by atoms with Gasteiger partial charge in [-0.3, -0.25) is 9.78 Å². The van der Waals surface area contributed by atoms with Crippen molar-refractivity contribution in [2.45, 2.75) is 32.7 Å². The zero-order valence-electron chi connectivity index (χ0n) is 15.0. The van der Waals surface area contributed by atoms with Gasteiger partial charge < -0.3 is 14.8 Å². The summed E-state index contributed by atoms with van der Waals surface area (Å²) in [4.78, 5) is 16.8. The summed E-state index contributed by atoms with van der Waals surface area (Å²) < 4.78 is 11.1. The minimum Gasteiger partial charge on any atom is -0.486 e. The molecule has 1 amide bonds. The Bertz CT molecular complexity index is 765. The van der Waals surface area contributed by atoms with Gasteiger partial charge in [-0.05, 0) is 35.6 Å². The molecule has 1 aliphatic rings. The number of aromatic nitrogens is 1. The Morgan fingerprint density at radius 1 is 1.27 bits per heavy atom. The zero-order valence-corrected chi connectivity index (χ0v) is 15.8. The van der Waals surface area contributed by atoms with Gasteiger partial charge in [0.1, 0.15) is 13.2 Å². The molecule has 0 spiro atoms. The Kier molecular flexibility index (Phi) is 5.99. The number of hydrogen-bond acceptors (Lipinski definition) is 4. The molecular formula is C20H23ClN2O3. The molecule has 138 valence electrons. The van der Waals surface area contributed by atoms with Gasteiger partial charge in [0.25, 0.3) is 0 Å². The van der Waals surface area contributed by atoms with E-state index in [-0.39, 0.29) is 18.4 Å². The van der Waals surface area contributed by atoms with Crippen molar-refractivity contribution in [1.82, 2.24) is 10.3 Å². The Morgan fingerprint density at radius 2 is 2.00 bits per heavy atom. The van der Waals surface area contributed by atoms with Crippen LogP contribution in [0.15, 0.2) is 36.7 Å². The smallest absolute Gasteiger partial charge is 0.224 e. The molecule has 3 rings (SSSR count). The lowest BCUT2D eigenvalue weighted by Gasteiger charge is -2.22. The first-order chi connectivity index (χ1) is 12.5. The van der Waals surface area contributed by atoms with Crippen LogP contribution in [0, 0.1) is 5.92 Å². The predicted molar refractivity (Wildman–Crippen MR) is 101 cm³/mol.